The van der Waals surface area contributed by atoms with Gasteiger partial charge in [-0.1, -0.05) is 30.3 Å². The van der Waals surface area contributed by atoms with Gasteiger partial charge in [-0.3, -0.25) is 18.7 Å². The molecule has 0 saturated carbocycles. The van der Waals surface area contributed by atoms with Gasteiger partial charge in [-0.15, -0.1) is 0 Å². The summed E-state index contributed by atoms with van der Waals surface area (Å²) >= 11 is 0. The summed E-state index contributed by atoms with van der Waals surface area (Å²) in [6.07, 6.45) is 3.06. The molecule has 4 rings (SSSR count). The van der Waals surface area contributed by atoms with Crippen LogP contribution in [0.4, 0.5) is 5.82 Å². The number of fused-ring (bicyclic) bond motifs is 1. The lowest BCUT2D eigenvalue weighted by molar-refractivity contribution is -0.116. The molecule has 0 bridgehead atoms. The minimum Gasteiger partial charge on any atom is -0.315 e. The Morgan fingerprint density at radius 3 is 2.41 bits per heavy atom. The number of imidazole rings is 1. The quantitative estimate of drug-likeness (QED) is 0.563. The van der Waals surface area contributed by atoms with E-state index < -0.39 is 11.2 Å². The maximum absolute atomic E-state index is 12.4. The van der Waals surface area contributed by atoms with E-state index in [2.05, 4.69) is 15.3 Å². The number of hydrogen-bond acceptors (Lipinski definition) is 5. The van der Waals surface area contributed by atoms with Crippen molar-refractivity contribution in [3.8, 4) is 11.1 Å². The molecule has 146 valence electrons. The Balaban J connectivity index is 1.55. The van der Waals surface area contributed by atoms with Crippen molar-refractivity contribution in [2.75, 3.05) is 5.32 Å². The molecule has 0 aliphatic rings. The van der Waals surface area contributed by atoms with Crippen LogP contribution in [-0.2, 0) is 25.4 Å². The third-order valence-electron chi connectivity index (χ3n) is 4.67. The molecule has 29 heavy (non-hydrogen) atoms. The molecule has 1 amide bonds. The van der Waals surface area contributed by atoms with E-state index in [0.717, 1.165) is 15.7 Å². The molecular weight excluding hydrogens is 372 g/mol. The van der Waals surface area contributed by atoms with Crippen LogP contribution in [0, 0.1) is 0 Å². The number of nitrogens with one attached hydrogen (secondary N) is 1. The number of aryl methyl sites for hydroxylation is 1. The van der Waals surface area contributed by atoms with Gasteiger partial charge in [0.15, 0.2) is 11.2 Å². The van der Waals surface area contributed by atoms with Crippen molar-refractivity contribution < 1.29 is 4.79 Å². The van der Waals surface area contributed by atoms with Gasteiger partial charge in [0.2, 0.25) is 5.91 Å². The van der Waals surface area contributed by atoms with Crippen molar-refractivity contribution in [3.63, 3.8) is 0 Å². The average molecular weight is 390 g/mol. The lowest BCUT2D eigenvalue weighted by Gasteiger charge is -2.08. The molecule has 9 heteroatoms. The molecule has 3 heterocycles. The number of nitrogens with zero attached hydrogens (tertiary/aromatic N) is 5. The smallest absolute Gasteiger partial charge is 0.315 e. The molecule has 0 aliphatic heterocycles. The minimum atomic E-state index is -0.501. The van der Waals surface area contributed by atoms with Gasteiger partial charge in [-0.25, -0.2) is 14.8 Å². The maximum Gasteiger partial charge on any atom is 0.332 e. The lowest BCUT2D eigenvalue weighted by atomic mass is 10.1. The van der Waals surface area contributed by atoms with Crippen LogP contribution in [0.3, 0.4) is 0 Å². The van der Waals surface area contributed by atoms with E-state index in [1.165, 1.54) is 29.6 Å². The van der Waals surface area contributed by atoms with Crippen LogP contribution in [0.25, 0.3) is 22.3 Å². The summed E-state index contributed by atoms with van der Waals surface area (Å²) in [5.74, 6) is 0.0413. The van der Waals surface area contributed by atoms with Gasteiger partial charge >= 0.3 is 5.69 Å². The van der Waals surface area contributed by atoms with E-state index in [1.54, 1.807) is 12.3 Å². The fourth-order valence-electron chi connectivity index (χ4n) is 3.12. The highest BCUT2D eigenvalue weighted by molar-refractivity contribution is 5.90. The summed E-state index contributed by atoms with van der Waals surface area (Å²) in [5.41, 5.74) is 1.42. The SMILES string of the molecule is Cn1c(=O)c2c(ncn2CC(=O)Nc2ccc(-c3ccccc3)cn2)n(C)c1=O. The van der Waals surface area contributed by atoms with E-state index in [0.29, 0.717) is 5.82 Å². The number of pyridine rings is 1. The first kappa shape index (κ1) is 18.4. The van der Waals surface area contributed by atoms with Crippen molar-refractivity contribution in [2.45, 2.75) is 6.54 Å². The highest BCUT2D eigenvalue weighted by Crippen LogP contribution is 2.19. The first-order valence-corrected chi connectivity index (χ1v) is 8.88. The summed E-state index contributed by atoms with van der Waals surface area (Å²) in [4.78, 5) is 45.3. The molecule has 3 aromatic heterocycles. The summed E-state index contributed by atoms with van der Waals surface area (Å²) in [5, 5.41) is 2.71. The van der Waals surface area contributed by atoms with Gasteiger partial charge in [-0.2, -0.15) is 0 Å². The third-order valence-corrected chi connectivity index (χ3v) is 4.67. The van der Waals surface area contributed by atoms with E-state index >= 15 is 0 Å². The van der Waals surface area contributed by atoms with Crippen molar-refractivity contribution >= 4 is 22.9 Å². The fourth-order valence-corrected chi connectivity index (χ4v) is 3.12. The first-order chi connectivity index (χ1) is 14.0. The summed E-state index contributed by atoms with van der Waals surface area (Å²) in [6, 6.07) is 13.4. The predicted octanol–water partition coefficient (Wildman–Crippen LogP) is 1.13. The Hall–Kier alpha value is -4.01. The highest BCUT2D eigenvalue weighted by Gasteiger charge is 2.16. The number of amides is 1. The summed E-state index contributed by atoms with van der Waals surface area (Å²) in [6.45, 7) is -0.133. The van der Waals surface area contributed by atoms with E-state index in [-0.39, 0.29) is 23.6 Å². The van der Waals surface area contributed by atoms with Crippen molar-refractivity contribution in [3.05, 3.63) is 75.8 Å². The van der Waals surface area contributed by atoms with Gasteiger partial charge in [0.05, 0.1) is 6.33 Å². The van der Waals surface area contributed by atoms with Gasteiger partial charge < -0.3 is 9.88 Å². The zero-order chi connectivity index (χ0) is 20.5. The molecule has 0 unspecified atom stereocenters. The number of aromatic nitrogens is 5. The molecule has 1 N–H and O–H groups in total. The second kappa shape index (κ2) is 7.19. The standard InChI is InChI=1S/C20H18N6O3/c1-24-18-17(19(28)25(2)20(24)29)26(12-22-18)11-16(27)23-15-9-8-14(10-21-15)13-6-4-3-5-7-13/h3-10,12H,11H2,1-2H3,(H,21,23,27). The number of hydrogen-bond donors (Lipinski definition) is 1. The largest absolute Gasteiger partial charge is 0.332 e. The fraction of sp³-hybridized carbons (Fsp3) is 0.150. The van der Waals surface area contributed by atoms with Gasteiger partial charge in [-0.05, 0) is 17.7 Å². The molecule has 0 spiro atoms. The van der Waals surface area contributed by atoms with Crippen LogP contribution in [0.5, 0.6) is 0 Å². The van der Waals surface area contributed by atoms with Gasteiger partial charge in [0.25, 0.3) is 5.56 Å². The summed E-state index contributed by atoms with van der Waals surface area (Å²) in [7, 11) is 2.92. The summed E-state index contributed by atoms with van der Waals surface area (Å²) < 4.78 is 3.68. The normalized spacial score (nSPS) is 11.0. The molecule has 0 aliphatic carbocycles. The molecule has 0 fully saturated rings. The van der Waals surface area contributed by atoms with Crippen molar-refractivity contribution in [1.82, 2.24) is 23.7 Å². The zero-order valence-electron chi connectivity index (χ0n) is 15.9. The van der Waals surface area contributed by atoms with Crippen LogP contribution in [0.15, 0.2) is 64.6 Å². The maximum atomic E-state index is 12.4. The van der Waals surface area contributed by atoms with Gasteiger partial charge in [0.1, 0.15) is 12.4 Å². The van der Waals surface area contributed by atoms with Crippen LogP contribution in [-0.4, -0.2) is 29.6 Å². The van der Waals surface area contributed by atoms with Crippen LogP contribution >= 0.6 is 0 Å². The number of benzene rings is 1. The molecular formula is C20H18N6O3. The topological polar surface area (TPSA) is 104 Å². The Labute approximate surface area is 164 Å². The Bertz CT molecular complexity index is 1320. The Morgan fingerprint density at radius 1 is 0.966 bits per heavy atom. The average Bonchev–Trinajstić information content (AvgIpc) is 3.15. The lowest BCUT2D eigenvalue weighted by Crippen LogP contribution is -2.37. The zero-order valence-corrected chi connectivity index (χ0v) is 15.9. The molecule has 9 nitrogen and oxygen atoms in total. The molecule has 4 aromatic rings. The minimum absolute atomic E-state index is 0.133. The third kappa shape index (κ3) is 3.33. The highest BCUT2D eigenvalue weighted by atomic mass is 16.2. The van der Waals surface area contributed by atoms with E-state index in [1.807, 2.05) is 36.4 Å². The van der Waals surface area contributed by atoms with Crippen LogP contribution < -0.4 is 16.6 Å². The number of carbonyl (C=O) groups is 1. The second-order valence-electron chi connectivity index (χ2n) is 6.60. The van der Waals surface area contributed by atoms with Crippen molar-refractivity contribution in [2.24, 2.45) is 14.1 Å². The van der Waals surface area contributed by atoms with Gasteiger partial charge in [0, 0.05) is 25.9 Å². The van der Waals surface area contributed by atoms with Crippen molar-refractivity contribution in [1.29, 1.82) is 0 Å². The molecule has 0 radical (unpaired) electrons. The number of anilines is 1. The predicted molar refractivity (Wildman–Crippen MR) is 109 cm³/mol. The molecule has 0 saturated heterocycles. The Kier molecular flexibility index (Phi) is 4.55. The van der Waals surface area contributed by atoms with E-state index in [4.69, 9.17) is 0 Å². The molecule has 1 aromatic carbocycles. The first-order valence-electron chi connectivity index (χ1n) is 8.88. The number of rotatable bonds is 4. The van der Waals surface area contributed by atoms with Crippen LogP contribution in [0.2, 0.25) is 0 Å². The monoisotopic (exact) mass is 390 g/mol. The number of carbonyl (C=O) groups excluding carboxylic acids is 1. The van der Waals surface area contributed by atoms with E-state index in [9.17, 15) is 14.4 Å². The van der Waals surface area contributed by atoms with Crippen LogP contribution in [0.1, 0.15) is 0 Å². The second-order valence-corrected chi connectivity index (χ2v) is 6.60. The Morgan fingerprint density at radius 2 is 1.72 bits per heavy atom. The molecule has 0 atom stereocenters.